The van der Waals surface area contributed by atoms with Gasteiger partial charge in [0, 0.05) is 17.4 Å². The highest BCUT2D eigenvalue weighted by molar-refractivity contribution is 9.10. The monoisotopic (exact) mass is 311 g/mol. The standard InChI is InChI=1S/C13H14BrNO3/c1-15(7-12(16)17)13(18)11-6-10(11)8-3-2-4-9(14)5-8/h2-5,10-11H,6-7H2,1H3,(H,16,17). The summed E-state index contributed by atoms with van der Waals surface area (Å²) in [6.45, 7) is -0.236. The van der Waals surface area contributed by atoms with Crippen molar-refractivity contribution in [2.75, 3.05) is 13.6 Å². The molecule has 96 valence electrons. The van der Waals surface area contributed by atoms with E-state index in [0.717, 1.165) is 16.5 Å². The van der Waals surface area contributed by atoms with Crippen LogP contribution in [-0.4, -0.2) is 35.5 Å². The molecule has 0 radical (unpaired) electrons. The highest BCUT2D eigenvalue weighted by atomic mass is 79.9. The second-order valence-corrected chi connectivity index (χ2v) is 5.51. The topological polar surface area (TPSA) is 57.6 Å². The molecule has 0 aromatic heterocycles. The Labute approximate surface area is 114 Å². The lowest BCUT2D eigenvalue weighted by Gasteiger charge is -2.14. The molecule has 0 bridgehead atoms. The van der Waals surface area contributed by atoms with Crippen molar-refractivity contribution in [2.24, 2.45) is 5.92 Å². The Morgan fingerprint density at radius 2 is 2.22 bits per heavy atom. The van der Waals surface area contributed by atoms with Crippen LogP contribution in [0.1, 0.15) is 17.9 Å². The summed E-state index contributed by atoms with van der Waals surface area (Å²) in [5.74, 6) is -0.900. The lowest BCUT2D eigenvalue weighted by molar-refractivity contribution is -0.144. The molecule has 0 heterocycles. The molecule has 1 amide bonds. The normalized spacial score (nSPS) is 21.4. The Kier molecular flexibility index (Phi) is 3.71. The van der Waals surface area contributed by atoms with Gasteiger partial charge in [0.05, 0.1) is 0 Å². The first-order chi connectivity index (χ1) is 8.49. The van der Waals surface area contributed by atoms with Crippen LogP contribution in [0, 0.1) is 5.92 Å². The van der Waals surface area contributed by atoms with Crippen molar-refractivity contribution in [3.8, 4) is 0 Å². The largest absolute Gasteiger partial charge is 0.480 e. The van der Waals surface area contributed by atoms with Crippen LogP contribution >= 0.6 is 15.9 Å². The minimum absolute atomic E-state index is 0.0661. The predicted octanol–water partition coefficient (Wildman–Crippen LogP) is 2.10. The molecule has 18 heavy (non-hydrogen) atoms. The van der Waals surface area contributed by atoms with Crippen LogP contribution in [0.5, 0.6) is 0 Å². The molecule has 1 aromatic carbocycles. The van der Waals surface area contributed by atoms with E-state index >= 15 is 0 Å². The molecule has 0 spiro atoms. The lowest BCUT2D eigenvalue weighted by atomic mass is 10.1. The number of hydrogen-bond donors (Lipinski definition) is 1. The number of carbonyl (C=O) groups is 2. The number of carboxylic acid groups (broad SMARTS) is 1. The zero-order valence-electron chi connectivity index (χ0n) is 9.97. The number of benzene rings is 1. The van der Waals surface area contributed by atoms with Gasteiger partial charge in [-0.15, -0.1) is 0 Å². The molecular formula is C13H14BrNO3. The first-order valence-electron chi connectivity index (χ1n) is 5.71. The van der Waals surface area contributed by atoms with E-state index in [9.17, 15) is 9.59 Å². The fourth-order valence-electron chi connectivity index (χ4n) is 2.14. The number of hydrogen-bond acceptors (Lipinski definition) is 2. The number of aliphatic carboxylic acids is 1. The number of halogens is 1. The van der Waals surface area contributed by atoms with Gasteiger partial charge in [0.2, 0.25) is 5.91 Å². The third-order valence-electron chi connectivity index (χ3n) is 3.13. The third-order valence-corrected chi connectivity index (χ3v) is 3.63. The zero-order chi connectivity index (χ0) is 13.3. The summed E-state index contributed by atoms with van der Waals surface area (Å²) in [6, 6.07) is 7.90. The molecule has 1 aliphatic rings. The predicted molar refractivity (Wildman–Crippen MR) is 70.3 cm³/mol. The van der Waals surface area contributed by atoms with Gasteiger partial charge in [-0.3, -0.25) is 9.59 Å². The highest BCUT2D eigenvalue weighted by Gasteiger charge is 2.45. The molecule has 1 fully saturated rings. The Morgan fingerprint density at radius 3 is 2.83 bits per heavy atom. The number of amides is 1. The van der Waals surface area contributed by atoms with Gasteiger partial charge >= 0.3 is 5.97 Å². The van der Waals surface area contributed by atoms with Crippen LogP contribution in [0.25, 0.3) is 0 Å². The van der Waals surface area contributed by atoms with E-state index in [0.29, 0.717) is 0 Å². The van der Waals surface area contributed by atoms with E-state index in [-0.39, 0.29) is 24.3 Å². The van der Waals surface area contributed by atoms with Crippen LogP contribution in [0.15, 0.2) is 28.7 Å². The summed E-state index contributed by atoms with van der Waals surface area (Å²) in [7, 11) is 1.53. The van der Waals surface area contributed by atoms with Crippen molar-refractivity contribution >= 4 is 27.8 Å². The molecule has 1 aromatic rings. The summed E-state index contributed by atoms with van der Waals surface area (Å²) >= 11 is 3.40. The van der Waals surface area contributed by atoms with E-state index in [2.05, 4.69) is 15.9 Å². The lowest BCUT2D eigenvalue weighted by Crippen LogP contribution is -2.33. The summed E-state index contributed by atoms with van der Waals surface area (Å²) in [5, 5.41) is 8.65. The molecule has 2 rings (SSSR count). The number of carboxylic acids is 1. The zero-order valence-corrected chi connectivity index (χ0v) is 11.6. The van der Waals surface area contributed by atoms with E-state index in [1.54, 1.807) is 0 Å². The number of likely N-dealkylation sites (N-methyl/N-ethyl adjacent to an activating group) is 1. The number of carbonyl (C=O) groups excluding carboxylic acids is 1. The van der Waals surface area contributed by atoms with Gasteiger partial charge in [-0.1, -0.05) is 28.1 Å². The van der Waals surface area contributed by atoms with Gasteiger partial charge in [0.15, 0.2) is 0 Å². The maximum Gasteiger partial charge on any atom is 0.323 e. The second-order valence-electron chi connectivity index (χ2n) is 4.59. The Balaban J connectivity index is 1.99. The second kappa shape index (κ2) is 5.10. The summed E-state index contributed by atoms with van der Waals surface area (Å²) < 4.78 is 0.997. The molecule has 1 N–H and O–H groups in total. The van der Waals surface area contributed by atoms with Gasteiger partial charge in [-0.2, -0.15) is 0 Å². The van der Waals surface area contributed by atoms with E-state index < -0.39 is 5.97 Å². The van der Waals surface area contributed by atoms with Crippen molar-refractivity contribution in [1.82, 2.24) is 4.90 Å². The molecule has 1 saturated carbocycles. The van der Waals surface area contributed by atoms with Gasteiger partial charge in [0.1, 0.15) is 6.54 Å². The molecule has 2 unspecified atom stereocenters. The average Bonchev–Trinajstić information content (AvgIpc) is 3.07. The van der Waals surface area contributed by atoms with Crippen molar-refractivity contribution in [3.63, 3.8) is 0 Å². The smallest absolute Gasteiger partial charge is 0.323 e. The Bertz CT molecular complexity index is 489. The van der Waals surface area contributed by atoms with Crippen molar-refractivity contribution < 1.29 is 14.7 Å². The highest BCUT2D eigenvalue weighted by Crippen LogP contribution is 2.48. The number of rotatable bonds is 4. The number of nitrogens with zero attached hydrogens (tertiary/aromatic N) is 1. The Morgan fingerprint density at radius 1 is 1.50 bits per heavy atom. The van der Waals surface area contributed by atoms with E-state index in [4.69, 9.17) is 5.11 Å². The van der Waals surface area contributed by atoms with Crippen LogP contribution in [0.2, 0.25) is 0 Å². The summed E-state index contributed by atoms with van der Waals surface area (Å²) in [5.41, 5.74) is 1.13. The van der Waals surface area contributed by atoms with E-state index in [1.165, 1.54) is 11.9 Å². The van der Waals surface area contributed by atoms with E-state index in [1.807, 2.05) is 24.3 Å². The first kappa shape index (κ1) is 13.1. The SMILES string of the molecule is CN(CC(=O)O)C(=O)C1CC1c1cccc(Br)c1. The molecule has 0 saturated heterocycles. The van der Waals surface area contributed by atoms with Gasteiger partial charge in [-0.05, 0) is 30.0 Å². The van der Waals surface area contributed by atoms with Crippen LogP contribution in [-0.2, 0) is 9.59 Å². The van der Waals surface area contributed by atoms with Crippen LogP contribution in [0.4, 0.5) is 0 Å². The summed E-state index contributed by atoms with van der Waals surface area (Å²) in [4.78, 5) is 23.8. The Hall–Kier alpha value is -1.36. The van der Waals surface area contributed by atoms with Crippen molar-refractivity contribution in [2.45, 2.75) is 12.3 Å². The minimum Gasteiger partial charge on any atom is -0.480 e. The van der Waals surface area contributed by atoms with Gasteiger partial charge < -0.3 is 10.0 Å². The van der Waals surface area contributed by atoms with Gasteiger partial charge in [0.25, 0.3) is 0 Å². The molecule has 4 nitrogen and oxygen atoms in total. The molecule has 0 aliphatic heterocycles. The minimum atomic E-state index is -0.981. The molecular weight excluding hydrogens is 298 g/mol. The fourth-order valence-corrected chi connectivity index (χ4v) is 2.55. The van der Waals surface area contributed by atoms with Crippen LogP contribution < -0.4 is 0 Å². The average molecular weight is 312 g/mol. The van der Waals surface area contributed by atoms with Gasteiger partial charge in [-0.25, -0.2) is 0 Å². The summed E-state index contributed by atoms with van der Waals surface area (Å²) in [6.07, 6.45) is 0.805. The first-order valence-corrected chi connectivity index (χ1v) is 6.50. The van der Waals surface area contributed by atoms with Crippen molar-refractivity contribution in [1.29, 1.82) is 0 Å². The molecule has 5 heteroatoms. The maximum absolute atomic E-state index is 12.0. The quantitative estimate of drug-likeness (QED) is 0.926. The van der Waals surface area contributed by atoms with Crippen LogP contribution in [0.3, 0.4) is 0 Å². The van der Waals surface area contributed by atoms with Crippen molar-refractivity contribution in [3.05, 3.63) is 34.3 Å². The fraction of sp³-hybridized carbons (Fsp3) is 0.385. The molecule has 1 aliphatic carbocycles. The maximum atomic E-state index is 12.0. The third kappa shape index (κ3) is 2.90. The molecule has 2 atom stereocenters.